The van der Waals surface area contributed by atoms with E-state index < -0.39 is 40.0 Å². The number of rotatable bonds is 3. The Morgan fingerprint density at radius 3 is 2.43 bits per heavy atom. The zero-order valence-corrected chi connectivity index (χ0v) is 14.3. The summed E-state index contributed by atoms with van der Waals surface area (Å²) in [5.41, 5.74) is -0.322. The maximum atomic E-state index is 14.1. The number of benzene rings is 1. The molecule has 1 heterocycles. The minimum absolute atomic E-state index is 0.321. The van der Waals surface area contributed by atoms with Crippen molar-refractivity contribution in [1.29, 1.82) is 0 Å². The Kier molecular flexibility index (Phi) is 5.31. The van der Waals surface area contributed by atoms with Gasteiger partial charge in [-0.2, -0.15) is 0 Å². The van der Waals surface area contributed by atoms with Gasteiger partial charge >= 0.3 is 11.9 Å². The van der Waals surface area contributed by atoms with E-state index in [1.54, 1.807) is 39.0 Å². The van der Waals surface area contributed by atoms with Crippen molar-refractivity contribution < 1.29 is 23.5 Å². The lowest BCUT2D eigenvalue weighted by molar-refractivity contribution is -0.154. The van der Waals surface area contributed by atoms with Crippen LogP contribution in [0.15, 0.2) is 24.3 Å². The van der Waals surface area contributed by atoms with E-state index in [0.717, 1.165) is 11.8 Å². The second-order valence-corrected chi connectivity index (χ2v) is 7.41. The summed E-state index contributed by atoms with van der Waals surface area (Å²) in [4.78, 5) is 24.2. The fraction of sp³-hybridized carbons (Fsp3) is 0.500. The molecule has 0 spiro atoms. The minimum Gasteiger partial charge on any atom is -0.468 e. The average molecular weight is 341 g/mol. The van der Waals surface area contributed by atoms with E-state index in [4.69, 9.17) is 9.47 Å². The number of nitrogens with one attached hydrogen (secondary N) is 1. The molecule has 1 aromatic carbocycles. The summed E-state index contributed by atoms with van der Waals surface area (Å²) in [5, 5.41) is 1.49. The molecule has 1 fully saturated rings. The van der Waals surface area contributed by atoms with Crippen LogP contribution in [-0.2, 0) is 19.1 Å². The van der Waals surface area contributed by atoms with E-state index in [2.05, 4.69) is 5.32 Å². The lowest BCUT2D eigenvalue weighted by Gasteiger charge is -2.22. The SMILES string of the molecule is COC(=O)C1SC(C(=O)OC(C)(C)C)N[C@H]1c1ccccc1F. The molecule has 0 aromatic heterocycles. The molecular formula is C16H20FNO4S. The van der Waals surface area contributed by atoms with Crippen molar-refractivity contribution in [2.45, 2.75) is 43.0 Å². The topological polar surface area (TPSA) is 64.6 Å². The predicted molar refractivity (Wildman–Crippen MR) is 85.3 cm³/mol. The summed E-state index contributed by atoms with van der Waals surface area (Å²) in [6, 6.07) is 5.49. The third kappa shape index (κ3) is 4.23. The number of halogens is 1. The van der Waals surface area contributed by atoms with Crippen LogP contribution >= 0.6 is 11.8 Å². The van der Waals surface area contributed by atoms with E-state index in [1.165, 1.54) is 13.2 Å². The average Bonchev–Trinajstić information content (AvgIpc) is 2.90. The van der Waals surface area contributed by atoms with Crippen LogP contribution in [0.4, 0.5) is 4.39 Å². The first-order valence-corrected chi connectivity index (χ1v) is 8.14. The molecule has 1 saturated heterocycles. The van der Waals surface area contributed by atoms with Gasteiger partial charge in [0, 0.05) is 5.56 Å². The smallest absolute Gasteiger partial charge is 0.334 e. The first kappa shape index (κ1) is 17.7. The molecule has 5 nitrogen and oxygen atoms in total. The summed E-state index contributed by atoms with van der Waals surface area (Å²) >= 11 is 1.08. The van der Waals surface area contributed by atoms with Gasteiger partial charge in [0.2, 0.25) is 0 Å². The summed E-state index contributed by atoms with van der Waals surface area (Å²) in [5.74, 6) is -1.44. The molecule has 7 heteroatoms. The second-order valence-electron chi connectivity index (χ2n) is 6.16. The maximum absolute atomic E-state index is 14.1. The Hall–Kier alpha value is -1.60. The highest BCUT2D eigenvalue weighted by Gasteiger charge is 2.45. The summed E-state index contributed by atoms with van der Waals surface area (Å²) < 4.78 is 24.2. The number of methoxy groups -OCH3 is 1. The van der Waals surface area contributed by atoms with Gasteiger partial charge in [-0.05, 0) is 26.8 Å². The standard InChI is InChI=1S/C16H20FNO4S/c1-16(2,3)22-15(20)13-18-11(12(23-13)14(19)21-4)9-7-5-6-8-10(9)17/h5-8,11-13,18H,1-4H3/t11-,12?,13?/m0/s1. The number of hydrogen-bond donors (Lipinski definition) is 1. The molecule has 1 aliphatic rings. The molecule has 0 saturated carbocycles. The molecule has 3 atom stereocenters. The van der Waals surface area contributed by atoms with E-state index >= 15 is 0 Å². The Morgan fingerprint density at radius 2 is 1.87 bits per heavy atom. The lowest BCUT2D eigenvalue weighted by Crippen LogP contribution is -2.37. The fourth-order valence-corrected chi connectivity index (χ4v) is 3.55. The molecule has 1 N–H and O–H groups in total. The predicted octanol–water partition coefficient (Wildman–Crippen LogP) is 2.41. The first-order chi connectivity index (χ1) is 10.7. The largest absolute Gasteiger partial charge is 0.468 e. The molecule has 1 aliphatic heterocycles. The van der Waals surface area contributed by atoms with E-state index in [1.807, 2.05) is 0 Å². The van der Waals surface area contributed by atoms with Crippen LogP contribution < -0.4 is 5.32 Å². The molecular weight excluding hydrogens is 321 g/mol. The Balaban J connectivity index is 2.25. The van der Waals surface area contributed by atoms with Gasteiger partial charge in [-0.3, -0.25) is 10.1 Å². The van der Waals surface area contributed by atoms with Gasteiger partial charge in [0.1, 0.15) is 16.7 Å². The van der Waals surface area contributed by atoms with Crippen LogP contribution in [0.5, 0.6) is 0 Å². The molecule has 2 rings (SSSR count). The van der Waals surface area contributed by atoms with Gasteiger partial charge in [0.05, 0.1) is 13.2 Å². The normalized spacial score (nSPS) is 24.3. The van der Waals surface area contributed by atoms with Crippen molar-refractivity contribution >= 4 is 23.7 Å². The molecule has 0 bridgehead atoms. The highest BCUT2D eigenvalue weighted by molar-refractivity contribution is 8.02. The van der Waals surface area contributed by atoms with Gasteiger partial charge in [-0.1, -0.05) is 18.2 Å². The zero-order chi connectivity index (χ0) is 17.2. The van der Waals surface area contributed by atoms with Crippen molar-refractivity contribution in [2.24, 2.45) is 0 Å². The van der Waals surface area contributed by atoms with Crippen molar-refractivity contribution in [3.05, 3.63) is 35.6 Å². The quantitative estimate of drug-likeness (QED) is 0.852. The third-order valence-corrected chi connectivity index (χ3v) is 4.57. The fourth-order valence-electron chi connectivity index (χ4n) is 2.28. The van der Waals surface area contributed by atoms with Crippen molar-refractivity contribution in [3.63, 3.8) is 0 Å². The molecule has 23 heavy (non-hydrogen) atoms. The van der Waals surface area contributed by atoms with Crippen LogP contribution in [0.25, 0.3) is 0 Å². The van der Waals surface area contributed by atoms with E-state index in [-0.39, 0.29) is 0 Å². The summed E-state index contributed by atoms with van der Waals surface area (Å²) in [6.45, 7) is 5.28. The molecule has 0 radical (unpaired) electrons. The van der Waals surface area contributed by atoms with Crippen LogP contribution in [0.2, 0.25) is 0 Å². The number of ether oxygens (including phenoxy) is 2. The summed E-state index contributed by atoms with van der Waals surface area (Å²) in [6.07, 6.45) is 0. The van der Waals surface area contributed by atoms with Gasteiger partial charge in [0.25, 0.3) is 0 Å². The lowest BCUT2D eigenvalue weighted by atomic mass is 10.0. The van der Waals surface area contributed by atoms with Crippen LogP contribution in [0.1, 0.15) is 32.4 Å². The summed E-state index contributed by atoms with van der Waals surface area (Å²) in [7, 11) is 1.27. The highest BCUT2D eigenvalue weighted by Crippen LogP contribution is 2.39. The highest BCUT2D eigenvalue weighted by atomic mass is 32.2. The van der Waals surface area contributed by atoms with E-state index in [0.29, 0.717) is 5.56 Å². The zero-order valence-electron chi connectivity index (χ0n) is 13.5. The Labute approximate surface area is 138 Å². The minimum atomic E-state index is -0.761. The van der Waals surface area contributed by atoms with Gasteiger partial charge in [0.15, 0.2) is 5.37 Å². The van der Waals surface area contributed by atoms with Crippen molar-refractivity contribution in [3.8, 4) is 0 Å². The maximum Gasteiger partial charge on any atom is 0.334 e. The Bertz CT molecular complexity index is 602. The number of carbonyl (C=O) groups excluding carboxylic acids is 2. The Morgan fingerprint density at radius 1 is 1.22 bits per heavy atom. The molecule has 1 aromatic rings. The van der Waals surface area contributed by atoms with Crippen molar-refractivity contribution in [2.75, 3.05) is 7.11 Å². The number of carbonyl (C=O) groups is 2. The first-order valence-electron chi connectivity index (χ1n) is 7.19. The molecule has 2 unspecified atom stereocenters. The third-order valence-electron chi connectivity index (χ3n) is 3.21. The van der Waals surface area contributed by atoms with E-state index in [9.17, 15) is 14.0 Å². The van der Waals surface area contributed by atoms with Crippen LogP contribution in [-0.4, -0.2) is 35.3 Å². The number of hydrogen-bond acceptors (Lipinski definition) is 6. The monoisotopic (exact) mass is 341 g/mol. The molecule has 126 valence electrons. The molecule has 0 aliphatic carbocycles. The van der Waals surface area contributed by atoms with Crippen molar-refractivity contribution in [1.82, 2.24) is 5.32 Å². The number of esters is 2. The second kappa shape index (κ2) is 6.88. The van der Waals surface area contributed by atoms with Crippen LogP contribution in [0.3, 0.4) is 0 Å². The van der Waals surface area contributed by atoms with Gasteiger partial charge in [-0.25, -0.2) is 9.18 Å². The van der Waals surface area contributed by atoms with Crippen LogP contribution in [0, 0.1) is 5.82 Å². The molecule has 0 amide bonds. The number of thioether (sulfide) groups is 1. The van der Waals surface area contributed by atoms with Gasteiger partial charge in [-0.15, -0.1) is 11.8 Å². The van der Waals surface area contributed by atoms with Gasteiger partial charge < -0.3 is 9.47 Å².